The van der Waals surface area contributed by atoms with E-state index in [-0.39, 0.29) is 70.9 Å². The third kappa shape index (κ3) is 5.52. The third-order valence-electron chi connectivity index (χ3n) is 3.97. The van der Waals surface area contributed by atoms with Crippen LogP contribution in [-0.4, -0.2) is 91.0 Å². The van der Waals surface area contributed by atoms with Gasteiger partial charge in [-0.05, 0) is 35.7 Å². The summed E-state index contributed by atoms with van der Waals surface area (Å²) >= 11 is 0. The minimum absolute atomic E-state index is 0. The Morgan fingerprint density at radius 2 is 1.55 bits per heavy atom. The molecule has 3 rings (SSSR count). The molecule has 0 saturated carbocycles. The van der Waals surface area contributed by atoms with E-state index in [1.807, 2.05) is 0 Å². The van der Waals surface area contributed by atoms with Crippen molar-refractivity contribution in [1.82, 2.24) is 0 Å². The number of hydrogen-bond donors (Lipinski definition) is 2. The molecule has 0 aliphatic rings. The van der Waals surface area contributed by atoms with Crippen LogP contribution in [0, 0.1) is 0 Å². The van der Waals surface area contributed by atoms with Gasteiger partial charge in [0.25, 0.3) is 0 Å². The first-order valence-electron chi connectivity index (χ1n) is 7.85. The Hall–Kier alpha value is -1.82. The Balaban J connectivity index is 0.00000341. The Bertz CT molecular complexity index is 1440. The molecule has 0 atom stereocenters. The number of phenols is 1. The van der Waals surface area contributed by atoms with Gasteiger partial charge in [-0.25, -0.2) is 21.6 Å². The summed E-state index contributed by atoms with van der Waals surface area (Å²) < 4.78 is 68.2. The van der Waals surface area contributed by atoms with Crippen LogP contribution < -0.4 is 0 Å². The Morgan fingerprint density at radius 1 is 0.903 bits per heavy atom. The largest absolute Gasteiger partial charge is 2.00 e. The molecule has 0 saturated heterocycles. The fourth-order valence-corrected chi connectivity index (χ4v) is 3.73. The van der Waals surface area contributed by atoms with Crippen LogP contribution in [0.25, 0.3) is 10.8 Å². The smallest absolute Gasteiger partial charge is 0.744 e. The molecule has 0 fully saturated rings. The Labute approximate surface area is 216 Å². The van der Waals surface area contributed by atoms with Crippen LogP contribution in [0.2, 0.25) is 0 Å². The van der Waals surface area contributed by atoms with Crippen molar-refractivity contribution < 1.29 is 40.9 Å². The standard InChI is InChI=1S/C17H12N2O9S2.Ba/c20-16-14(30(26,27)28)8-9-7-10(29(23,24)25)5-6-11(9)15(16)19-18-13-4-2-1-3-12(13)17(21)22;/h1-8,20H,(H,21,22)(H,23,24,25)(H,26,27,28);/q;+2/p-2. The van der Waals surface area contributed by atoms with Gasteiger partial charge in [0.2, 0.25) is 0 Å². The maximum Gasteiger partial charge on any atom is 2.00 e. The molecule has 3 aromatic rings. The fraction of sp³-hybridized carbons (Fsp3) is 0. The minimum atomic E-state index is -5.22. The van der Waals surface area contributed by atoms with Crippen LogP contribution in [0.3, 0.4) is 0 Å². The van der Waals surface area contributed by atoms with E-state index >= 15 is 0 Å². The molecule has 0 bridgehead atoms. The third-order valence-corrected chi connectivity index (χ3v) is 5.65. The molecule has 0 radical (unpaired) electrons. The maximum absolute atomic E-state index is 11.5. The zero-order valence-corrected chi connectivity index (χ0v) is 21.4. The monoisotopic (exact) mass is 588 g/mol. The molecular formula is C17H10BaN2O9S2. The van der Waals surface area contributed by atoms with E-state index in [2.05, 4.69) is 10.2 Å². The molecule has 0 heterocycles. The van der Waals surface area contributed by atoms with Gasteiger partial charge in [0.15, 0.2) is 5.75 Å². The number of carboxylic acid groups (broad SMARTS) is 1. The number of carboxylic acids is 1. The molecule has 0 aliphatic carbocycles. The van der Waals surface area contributed by atoms with Gasteiger partial charge in [-0.3, -0.25) is 0 Å². The first-order valence-corrected chi connectivity index (χ1v) is 10.7. The predicted molar refractivity (Wildman–Crippen MR) is 105 cm³/mol. The van der Waals surface area contributed by atoms with Crippen molar-refractivity contribution in [1.29, 1.82) is 0 Å². The van der Waals surface area contributed by atoms with E-state index < -0.39 is 47.4 Å². The molecule has 0 aliphatic heterocycles. The number of hydrogen-bond acceptors (Lipinski definition) is 10. The molecule has 0 amide bonds. The van der Waals surface area contributed by atoms with Gasteiger partial charge in [-0.15, -0.1) is 10.2 Å². The number of nitrogens with zero attached hydrogens (tertiary/aromatic N) is 2. The van der Waals surface area contributed by atoms with Gasteiger partial charge in [0.1, 0.15) is 31.6 Å². The fourth-order valence-electron chi connectivity index (χ4n) is 2.62. The molecule has 0 aromatic heterocycles. The van der Waals surface area contributed by atoms with Crippen LogP contribution in [0.15, 0.2) is 68.6 Å². The summed E-state index contributed by atoms with van der Waals surface area (Å²) in [6.07, 6.45) is 0. The summed E-state index contributed by atoms with van der Waals surface area (Å²) in [5.41, 5.74) is -0.902. The molecule has 2 N–H and O–H groups in total. The molecule has 31 heavy (non-hydrogen) atoms. The maximum atomic E-state index is 11.5. The molecule has 156 valence electrons. The van der Waals surface area contributed by atoms with E-state index in [4.69, 9.17) is 0 Å². The van der Waals surface area contributed by atoms with E-state index in [0.717, 1.165) is 18.2 Å². The second kappa shape index (κ2) is 9.35. The Morgan fingerprint density at radius 3 is 2.13 bits per heavy atom. The average molecular weight is 588 g/mol. The van der Waals surface area contributed by atoms with Gasteiger partial charge >= 0.3 is 54.9 Å². The summed E-state index contributed by atoms with van der Waals surface area (Å²) in [5, 5.41) is 26.6. The van der Waals surface area contributed by atoms with Gasteiger partial charge in [0, 0.05) is 5.39 Å². The normalized spacial score (nSPS) is 12.1. The molecule has 14 heteroatoms. The number of carbonyl (C=O) groups is 1. The van der Waals surface area contributed by atoms with Crippen molar-refractivity contribution in [2.75, 3.05) is 0 Å². The first kappa shape index (κ1) is 25.4. The quantitative estimate of drug-likeness (QED) is 0.255. The minimum Gasteiger partial charge on any atom is -0.744 e. The molecule has 0 spiro atoms. The van der Waals surface area contributed by atoms with Crippen molar-refractivity contribution in [3.05, 3.63) is 54.1 Å². The second-order valence-corrected chi connectivity index (χ2v) is 8.61. The predicted octanol–water partition coefficient (Wildman–Crippen LogP) is 2.09. The summed E-state index contributed by atoms with van der Waals surface area (Å²) in [6.45, 7) is 0. The summed E-state index contributed by atoms with van der Waals surface area (Å²) in [5.74, 6) is -2.38. The van der Waals surface area contributed by atoms with Crippen molar-refractivity contribution >= 4 is 97.2 Å². The summed E-state index contributed by atoms with van der Waals surface area (Å²) in [4.78, 5) is 9.46. The van der Waals surface area contributed by atoms with Gasteiger partial charge in [-0.1, -0.05) is 18.2 Å². The van der Waals surface area contributed by atoms with Gasteiger partial charge in [0.05, 0.1) is 15.4 Å². The van der Waals surface area contributed by atoms with Gasteiger partial charge in [-0.2, -0.15) is 0 Å². The van der Waals surface area contributed by atoms with Crippen LogP contribution in [-0.2, 0) is 20.2 Å². The molecule has 0 unspecified atom stereocenters. The van der Waals surface area contributed by atoms with E-state index in [1.54, 1.807) is 0 Å². The zero-order chi connectivity index (χ0) is 22.3. The topological polar surface area (TPSA) is 197 Å². The van der Waals surface area contributed by atoms with Crippen LogP contribution in [0.4, 0.5) is 11.4 Å². The molecule has 3 aromatic carbocycles. The van der Waals surface area contributed by atoms with Gasteiger partial charge < -0.3 is 19.3 Å². The van der Waals surface area contributed by atoms with E-state index in [1.165, 1.54) is 24.3 Å². The number of azo groups is 1. The molecular weight excluding hydrogens is 578 g/mol. The zero-order valence-electron chi connectivity index (χ0n) is 15.3. The van der Waals surface area contributed by atoms with Crippen LogP contribution >= 0.6 is 0 Å². The summed E-state index contributed by atoms with van der Waals surface area (Å²) in [6, 6.07) is 8.91. The molecule has 11 nitrogen and oxygen atoms in total. The van der Waals surface area contributed by atoms with Crippen molar-refractivity contribution in [2.24, 2.45) is 10.2 Å². The number of phenolic OH excluding ortho intramolecular Hbond substituents is 1. The number of benzene rings is 3. The van der Waals surface area contributed by atoms with Crippen molar-refractivity contribution in [3.8, 4) is 5.75 Å². The van der Waals surface area contributed by atoms with Crippen LogP contribution in [0.1, 0.15) is 10.4 Å². The number of rotatable bonds is 5. The number of fused-ring (bicyclic) bond motifs is 1. The average Bonchev–Trinajstić information content (AvgIpc) is 2.65. The van der Waals surface area contributed by atoms with Crippen LogP contribution in [0.5, 0.6) is 5.75 Å². The summed E-state index contributed by atoms with van der Waals surface area (Å²) in [7, 11) is -10.1. The van der Waals surface area contributed by atoms with E-state index in [9.17, 15) is 40.9 Å². The first-order chi connectivity index (χ1) is 13.9. The Kier molecular flexibility index (Phi) is 7.68. The number of aromatic carboxylic acids is 1. The van der Waals surface area contributed by atoms with Crippen molar-refractivity contribution in [3.63, 3.8) is 0 Å². The number of aromatic hydroxyl groups is 1. The van der Waals surface area contributed by atoms with Crippen molar-refractivity contribution in [2.45, 2.75) is 9.79 Å². The SMILES string of the molecule is O=C(O)c1ccccc1N=Nc1c(O)c(S(=O)(=O)[O-])cc2cc(S(=O)(=O)[O-])ccc12.[Ba+2]. The second-order valence-electron chi connectivity index (χ2n) is 5.89. The van der Waals surface area contributed by atoms with E-state index in [0.29, 0.717) is 6.07 Å².